The lowest BCUT2D eigenvalue weighted by Gasteiger charge is -2.31. The van der Waals surface area contributed by atoms with Crippen LogP contribution in [-0.4, -0.2) is 69.6 Å². The largest absolute Gasteiger partial charge is 0.481 e. The van der Waals surface area contributed by atoms with Gasteiger partial charge in [0.05, 0.1) is 40.1 Å². The Morgan fingerprint density at radius 3 is 2.48 bits per heavy atom. The standard InChI is InChI=1S/C36H36Cl2F3N7O4/c1-52-34-21(17-42-18-23-6-8-28(49)45-23)5-7-26(47-34)24-10-14-43-32(31(24)38)25-3-2-4-27(30(25)37)46-33-29(36(39,40)41)22(9-13-44-33)19-48-15-11-20(12-16-48)35(50)51/h2-5,7,9-10,13-14,20,23,42H,6,8,11-12,15-19H2,1H3,(H,44,46)(H,45,49)(H,50,51)/t23-/m0/s1. The first kappa shape index (κ1) is 37.3. The number of benzene rings is 1. The van der Waals surface area contributed by atoms with Crippen molar-refractivity contribution < 1.29 is 32.6 Å². The number of carbonyl (C=O) groups is 2. The quantitative estimate of drug-likeness (QED) is 0.120. The molecular formula is C36H36Cl2F3N7O4. The predicted molar refractivity (Wildman–Crippen MR) is 191 cm³/mol. The number of alkyl halides is 3. The third-order valence-corrected chi connectivity index (χ3v) is 10.0. The van der Waals surface area contributed by atoms with Gasteiger partial charge in [-0.2, -0.15) is 13.2 Å². The summed E-state index contributed by atoms with van der Waals surface area (Å²) in [7, 11) is 1.52. The number of carbonyl (C=O) groups excluding carboxylic acids is 1. The number of pyridine rings is 3. The van der Waals surface area contributed by atoms with E-state index in [0.29, 0.717) is 73.8 Å². The molecule has 5 heterocycles. The van der Waals surface area contributed by atoms with Crippen LogP contribution in [0.15, 0.2) is 54.9 Å². The number of piperidine rings is 1. The number of carboxylic acids is 1. The summed E-state index contributed by atoms with van der Waals surface area (Å²) in [4.78, 5) is 37.8. The highest BCUT2D eigenvalue weighted by molar-refractivity contribution is 6.39. The molecule has 0 radical (unpaired) electrons. The highest BCUT2D eigenvalue weighted by Crippen LogP contribution is 2.43. The second-order valence-electron chi connectivity index (χ2n) is 12.7. The number of rotatable bonds is 12. The number of carboxylic acid groups (broad SMARTS) is 1. The minimum absolute atomic E-state index is 0.00972. The molecule has 2 aliphatic rings. The van der Waals surface area contributed by atoms with Gasteiger partial charge in [-0.25, -0.2) is 9.97 Å². The molecule has 0 spiro atoms. The summed E-state index contributed by atoms with van der Waals surface area (Å²) in [5.74, 6) is -1.37. The summed E-state index contributed by atoms with van der Waals surface area (Å²) < 4.78 is 49.3. The zero-order valence-corrected chi connectivity index (χ0v) is 29.6. The molecule has 2 aliphatic heterocycles. The smallest absolute Gasteiger partial charge is 0.420 e. The monoisotopic (exact) mass is 757 g/mol. The molecule has 0 saturated carbocycles. The molecule has 1 amide bonds. The number of likely N-dealkylation sites (tertiary alicyclic amines) is 1. The number of nitrogens with zero attached hydrogens (tertiary/aromatic N) is 4. The van der Waals surface area contributed by atoms with Crippen molar-refractivity contribution in [2.24, 2.45) is 5.92 Å². The predicted octanol–water partition coefficient (Wildman–Crippen LogP) is 6.95. The van der Waals surface area contributed by atoms with Crippen molar-refractivity contribution in [3.05, 3.63) is 81.6 Å². The van der Waals surface area contributed by atoms with Crippen LogP contribution in [0.1, 0.15) is 42.4 Å². The SMILES string of the molecule is COc1nc(-c2ccnc(-c3cccc(Nc4nccc(CN5CCC(C(=O)O)CC5)c4C(F)(F)F)c3Cl)c2Cl)ccc1CNC[C@@H]1CCC(=O)N1. The van der Waals surface area contributed by atoms with E-state index >= 15 is 0 Å². The van der Waals surface area contributed by atoms with E-state index in [1.165, 1.54) is 25.4 Å². The van der Waals surface area contributed by atoms with Crippen LogP contribution < -0.4 is 20.7 Å². The minimum Gasteiger partial charge on any atom is -0.481 e. The summed E-state index contributed by atoms with van der Waals surface area (Å²) in [5.41, 5.74) is 1.75. The Bertz CT molecular complexity index is 1960. The molecular weight excluding hydrogens is 722 g/mol. The fraction of sp³-hybridized carbons (Fsp3) is 0.361. The van der Waals surface area contributed by atoms with Gasteiger partial charge in [-0.15, -0.1) is 0 Å². The lowest BCUT2D eigenvalue weighted by molar-refractivity contribution is -0.143. The van der Waals surface area contributed by atoms with Crippen molar-refractivity contribution >= 4 is 46.6 Å². The van der Waals surface area contributed by atoms with Crippen LogP contribution >= 0.6 is 23.2 Å². The van der Waals surface area contributed by atoms with Crippen molar-refractivity contribution in [2.45, 2.75) is 51.0 Å². The first-order chi connectivity index (χ1) is 24.9. The molecule has 11 nitrogen and oxygen atoms in total. The molecule has 0 aliphatic carbocycles. The molecule has 2 fully saturated rings. The molecule has 4 aromatic rings. The molecule has 52 heavy (non-hydrogen) atoms. The summed E-state index contributed by atoms with van der Waals surface area (Å²) in [6.07, 6.45) is 0.124. The molecule has 0 unspecified atom stereocenters. The van der Waals surface area contributed by atoms with Gasteiger partial charge in [-0.1, -0.05) is 41.4 Å². The van der Waals surface area contributed by atoms with Crippen LogP contribution in [0.4, 0.5) is 24.7 Å². The highest BCUT2D eigenvalue weighted by atomic mass is 35.5. The van der Waals surface area contributed by atoms with Crippen LogP contribution in [0.5, 0.6) is 5.88 Å². The van der Waals surface area contributed by atoms with Crippen LogP contribution in [0.3, 0.4) is 0 Å². The Balaban J connectivity index is 1.24. The Labute approximate surface area is 307 Å². The maximum absolute atomic E-state index is 14.6. The third kappa shape index (κ3) is 8.41. The zero-order chi connectivity index (χ0) is 37.0. The van der Waals surface area contributed by atoms with E-state index in [0.717, 1.165) is 12.0 Å². The molecule has 0 bridgehead atoms. The lowest BCUT2D eigenvalue weighted by Crippen LogP contribution is -2.36. The van der Waals surface area contributed by atoms with Crippen molar-refractivity contribution in [1.82, 2.24) is 30.5 Å². The van der Waals surface area contributed by atoms with E-state index in [-0.39, 0.29) is 39.8 Å². The number of ether oxygens (including phenoxy) is 1. The zero-order valence-electron chi connectivity index (χ0n) is 28.1. The topological polar surface area (TPSA) is 142 Å². The van der Waals surface area contributed by atoms with Crippen LogP contribution in [-0.2, 0) is 28.9 Å². The molecule has 1 atom stereocenters. The van der Waals surface area contributed by atoms with Gasteiger partial charge in [0.25, 0.3) is 0 Å². The lowest BCUT2D eigenvalue weighted by atomic mass is 9.96. The minimum atomic E-state index is -4.75. The van der Waals surface area contributed by atoms with E-state index in [1.807, 2.05) is 11.0 Å². The van der Waals surface area contributed by atoms with E-state index < -0.39 is 29.4 Å². The third-order valence-electron chi connectivity index (χ3n) is 9.25. The normalized spacial score (nSPS) is 16.9. The fourth-order valence-electron chi connectivity index (χ4n) is 6.53. The summed E-state index contributed by atoms with van der Waals surface area (Å²) >= 11 is 13.8. The molecule has 1 aromatic carbocycles. The van der Waals surface area contributed by atoms with Gasteiger partial charge in [0.2, 0.25) is 11.8 Å². The van der Waals surface area contributed by atoms with Gasteiger partial charge < -0.3 is 25.8 Å². The molecule has 274 valence electrons. The number of hydrogen-bond donors (Lipinski definition) is 4. The van der Waals surface area contributed by atoms with E-state index in [1.54, 1.807) is 30.5 Å². The summed E-state index contributed by atoms with van der Waals surface area (Å²) in [5, 5.41) is 18.7. The second-order valence-corrected chi connectivity index (χ2v) is 13.4. The van der Waals surface area contributed by atoms with Gasteiger partial charge in [-0.3, -0.25) is 19.5 Å². The van der Waals surface area contributed by atoms with Gasteiger partial charge in [0.15, 0.2) is 0 Å². The Morgan fingerprint density at radius 2 is 1.79 bits per heavy atom. The van der Waals surface area contributed by atoms with Gasteiger partial charge in [-0.05, 0) is 62.2 Å². The fourth-order valence-corrected chi connectivity index (χ4v) is 7.11. The van der Waals surface area contributed by atoms with Crippen LogP contribution in [0, 0.1) is 5.92 Å². The Morgan fingerprint density at radius 1 is 1.02 bits per heavy atom. The van der Waals surface area contributed by atoms with E-state index in [9.17, 15) is 27.9 Å². The van der Waals surface area contributed by atoms with Crippen molar-refractivity contribution in [2.75, 3.05) is 32.1 Å². The summed E-state index contributed by atoms with van der Waals surface area (Å²) in [6.45, 7) is 1.79. The summed E-state index contributed by atoms with van der Waals surface area (Å²) in [6, 6.07) is 11.6. The average molecular weight is 759 g/mol. The van der Waals surface area contributed by atoms with Gasteiger partial charge >= 0.3 is 12.1 Å². The first-order valence-electron chi connectivity index (χ1n) is 16.7. The number of aromatic nitrogens is 3. The number of aliphatic carboxylic acids is 1. The number of nitrogens with one attached hydrogen (secondary N) is 3. The molecule has 4 N–H and O–H groups in total. The first-order valence-corrected chi connectivity index (χ1v) is 17.4. The maximum Gasteiger partial charge on any atom is 0.420 e. The van der Waals surface area contributed by atoms with Crippen LogP contribution in [0.25, 0.3) is 22.5 Å². The second kappa shape index (κ2) is 16.0. The van der Waals surface area contributed by atoms with Crippen molar-refractivity contribution in [1.29, 1.82) is 0 Å². The molecule has 3 aromatic heterocycles. The van der Waals surface area contributed by atoms with Crippen LogP contribution in [0.2, 0.25) is 10.0 Å². The number of amides is 1. The average Bonchev–Trinajstić information content (AvgIpc) is 3.54. The van der Waals surface area contributed by atoms with Gasteiger partial charge in [0, 0.05) is 61.2 Å². The maximum atomic E-state index is 14.6. The van der Waals surface area contributed by atoms with E-state index in [4.69, 9.17) is 27.9 Å². The Kier molecular flexibility index (Phi) is 11.5. The van der Waals surface area contributed by atoms with E-state index in [2.05, 4.69) is 30.9 Å². The van der Waals surface area contributed by atoms with Gasteiger partial charge in [0.1, 0.15) is 11.4 Å². The highest BCUT2D eigenvalue weighted by Gasteiger charge is 2.38. The molecule has 2 saturated heterocycles. The molecule has 16 heteroatoms. The van der Waals surface area contributed by atoms with Crippen molar-refractivity contribution in [3.63, 3.8) is 0 Å². The molecule has 6 rings (SSSR count). The van der Waals surface area contributed by atoms with Crippen molar-refractivity contribution in [3.8, 4) is 28.4 Å². The number of hydrogen-bond acceptors (Lipinski definition) is 9. The number of methoxy groups -OCH3 is 1. The number of halogens is 5. The number of anilines is 2. The Hall–Kier alpha value is -4.50.